The lowest BCUT2D eigenvalue weighted by Gasteiger charge is -2.33. The smallest absolute Gasteiger partial charge is 0.330 e. The van der Waals surface area contributed by atoms with Gasteiger partial charge >= 0.3 is 5.97 Å². The summed E-state index contributed by atoms with van der Waals surface area (Å²) in [5.41, 5.74) is 2.81. The number of carbonyl (C=O) groups is 2. The van der Waals surface area contributed by atoms with E-state index < -0.39 is 12.0 Å². The monoisotopic (exact) mass is 292 g/mol. The fraction of sp³-hybridized carbons (Fsp3) is 0.118. The molecule has 22 heavy (non-hydrogen) atoms. The Morgan fingerprint density at radius 3 is 2.95 bits per heavy atom. The van der Waals surface area contributed by atoms with Crippen molar-refractivity contribution in [2.45, 2.75) is 12.5 Å². The van der Waals surface area contributed by atoms with Gasteiger partial charge in [-0.1, -0.05) is 36.4 Å². The van der Waals surface area contributed by atoms with Crippen LogP contribution in [0, 0.1) is 0 Å². The van der Waals surface area contributed by atoms with Crippen molar-refractivity contribution >= 4 is 17.5 Å². The summed E-state index contributed by atoms with van der Waals surface area (Å²) < 4.78 is 0. The van der Waals surface area contributed by atoms with Gasteiger partial charge in [0.25, 0.3) is 0 Å². The average Bonchev–Trinajstić information content (AvgIpc) is 2.53. The minimum Gasteiger partial charge on any atom is -0.479 e. The number of aliphatic imine (C=N–C) groups is 1. The van der Waals surface area contributed by atoms with Crippen LogP contribution >= 0.6 is 0 Å². The van der Waals surface area contributed by atoms with Crippen LogP contribution in [0.2, 0.25) is 0 Å². The Morgan fingerprint density at radius 2 is 2.14 bits per heavy atom. The van der Waals surface area contributed by atoms with Crippen molar-refractivity contribution in [2.75, 3.05) is 0 Å². The van der Waals surface area contributed by atoms with Gasteiger partial charge in [-0.05, 0) is 11.6 Å². The van der Waals surface area contributed by atoms with Gasteiger partial charge in [0.15, 0.2) is 6.04 Å². The lowest BCUT2D eigenvalue weighted by Crippen LogP contribution is -2.41. The van der Waals surface area contributed by atoms with E-state index in [0.29, 0.717) is 23.5 Å². The molecule has 2 heterocycles. The van der Waals surface area contributed by atoms with Gasteiger partial charge in [-0.15, -0.1) is 0 Å². The number of aliphatic carboxylic acids is 1. The summed E-state index contributed by atoms with van der Waals surface area (Å²) in [6, 6.07) is 6.67. The van der Waals surface area contributed by atoms with Gasteiger partial charge in [-0.3, -0.25) is 4.79 Å². The molecule has 0 amide bonds. The lowest BCUT2D eigenvalue weighted by molar-refractivity contribution is -0.140. The number of Topliss-reactive ketones (excluding diaryl/α,β-unsaturated/α-hetero) is 1. The van der Waals surface area contributed by atoms with Gasteiger partial charge < -0.3 is 10.0 Å². The second-order valence-electron chi connectivity index (χ2n) is 5.38. The van der Waals surface area contributed by atoms with E-state index in [9.17, 15) is 14.7 Å². The Balaban J connectivity index is 1.83. The molecule has 2 aliphatic heterocycles. The third-order valence-corrected chi connectivity index (χ3v) is 4.04. The predicted octanol–water partition coefficient (Wildman–Crippen LogP) is 1.93. The van der Waals surface area contributed by atoms with Crippen molar-refractivity contribution < 1.29 is 14.7 Å². The van der Waals surface area contributed by atoms with E-state index in [0.717, 1.165) is 11.1 Å². The minimum atomic E-state index is -0.945. The number of benzene rings is 1. The summed E-state index contributed by atoms with van der Waals surface area (Å²) in [6.45, 7) is 0. The second-order valence-corrected chi connectivity index (χ2v) is 5.38. The maximum absolute atomic E-state index is 12.6. The summed E-state index contributed by atoms with van der Waals surface area (Å²) in [7, 11) is 0. The summed E-state index contributed by atoms with van der Waals surface area (Å²) in [5.74, 6) is -0.559. The zero-order valence-corrected chi connectivity index (χ0v) is 11.6. The number of hydrogen-bond acceptors (Lipinski definition) is 4. The molecule has 0 bridgehead atoms. The van der Waals surface area contributed by atoms with Crippen LogP contribution in [0.15, 0.2) is 65.1 Å². The third-order valence-electron chi connectivity index (χ3n) is 4.04. The van der Waals surface area contributed by atoms with Crippen molar-refractivity contribution in [3.63, 3.8) is 0 Å². The van der Waals surface area contributed by atoms with E-state index in [1.807, 2.05) is 18.2 Å². The molecule has 0 aromatic heterocycles. The van der Waals surface area contributed by atoms with Gasteiger partial charge in [0.1, 0.15) is 11.5 Å². The highest BCUT2D eigenvalue weighted by molar-refractivity contribution is 6.53. The largest absolute Gasteiger partial charge is 0.479 e. The van der Waals surface area contributed by atoms with E-state index in [1.54, 1.807) is 35.4 Å². The fourth-order valence-electron chi connectivity index (χ4n) is 2.98. The Kier molecular flexibility index (Phi) is 2.63. The van der Waals surface area contributed by atoms with Crippen LogP contribution in [-0.2, 0) is 11.2 Å². The molecule has 0 fully saturated rings. The van der Waals surface area contributed by atoms with Crippen LogP contribution < -0.4 is 0 Å². The van der Waals surface area contributed by atoms with Gasteiger partial charge in [0.2, 0.25) is 5.78 Å². The first-order chi connectivity index (χ1) is 10.6. The highest BCUT2D eigenvalue weighted by atomic mass is 16.4. The van der Waals surface area contributed by atoms with Crippen molar-refractivity contribution in [1.29, 1.82) is 0 Å². The third kappa shape index (κ3) is 1.75. The first-order valence-corrected chi connectivity index (χ1v) is 6.97. The quantitative estimate of drug-likeness (QED) is 0.858. The molecule has 5 nitrogen and oxygen atoms in total. The number of fused-ring (bicyclic) bond motifs is 3. The van der Waals surface area contributed by atoms with E-state index in [1.165, 1.54) is 0 Å². The molecule has 1 N–H and O–H groups in total. The SMILES string of the molecule is O=C1C2=NC3=CC=CC(C(=O)O)N3C=C2Cc2ccccc21. The van der Waals surface area contributed by atoms with E-state index in [2.05, 4.69) is 4.99 Å². The number of allylic oxidation sites excluding steroid dienone is 3. The van der Waals surface area contributed by atoms with Crippen LogP contribution in [-0.4, -0.2) is 33.5 Å². The predicted molar refractivity (Wildman–Crippen MR) is 80.5 cm³/mol. The number of carboxylic acid groups (broad SMARTS) is 1. The molecule has 4 rings (SSSR count). The standard InChI is InChI=1S/C17H12N2O3/c20-16-12-5-2-1-4-10(12)8-11-9-19-13(17(21)22)6-3-7-14(19)18-15(11)16/h1-7,9,13H,8H2,(H,21,22). The number of carboxylic acids is 1. The zero-order valence-electron chi connectivity index (χ0n) is 11.6. The minimum absolute atomic E-state index is 0.102. The molecule has 1 aromatic carbocycles. The van der Waals surface area contributed by atoms with Crippen molar-refractivity contribution in [1.82, 2.24) is 4.90 Å². The topological polar surface area (TPSA) is 70.0 Å². The number of ketones is 1. The molecule has 1 unspecified atom stereocenters. The molecular formula is C17H12N2O3. The van der Waals surface area contributed by atoms with Crippen molar-refractivity contribution in [2.24, 2.45) is 4.99 Å². The van der Waals surface area contributed by atoms with Gasteiger partial charge in [0.05, 0.1) is 0 Å². The van der Waals surface area contributed by atoms with E-state index in [-0.39, 0.29) is 5.78 Å². The van der Waals surface area contributed by atoms with Crippen LogP contribution in [0.5, 0.6) is 0 Å². The van der Waals surface area contributed by atoms with E-state index >= 15 is 0 Å². The first-order valence-electron chi connectivity index (χ1n) is 6.97. The molecule has 0 radical (unpaired) electrons. The Hall–Kier alpha value is -2.95. The Labute approximate surface area is 126 Å². The molecule has 3 aliphatic rings. The molecular weight excluding hydrogens is 280 g/mol. The molecule has 0 spiro atoms. The molecule has 1 aliphatic carbocycles. The number of hydrogen-bond donors (Lipinski definition) is 1. The highest BCUT2D eigenvalue weighted by Gasteiger charge is 2.34. The average molecular weight is 292 g/mol. The molecule has 5 heteroatoms. The van der Waals surface area contributed by atoms with Crippen molar-refractivity contribution in [3.05, 3.63) is 71.2 Å². The van der Waals surface area contributed by atoms with E-state index in [4.69, 9.17) is 0 Å². The first kappa shape index (κ1) is 12.8. The molecule has 0 saturated carbocycles. The maximum Gasteiger partial charge on any atom is 0.330 e. The Bertz CT molecular complexity index is 830. The van der Waals surface area contributed by atoms with Crippen LogP contribution in [0.3, 0.4) is 0 Å². The number of rotatable bonds is 1. The van der Waals surface area contributed by atoms with Crippen molar-refractivity contribution in [3.8, 4) is 0 Å². The normalized spacial score (nSPS) is 22.0. The number of carbonyl (C=O) groups excluding carboxylic acids is 1. The summed E-state index contributed by atoms with van der Waals surface area (Å²) in [4.78, 5) is 30.0. The molecule has 1 atom stereocenters. The van der Waals surface area contributed by atoms with Gasteiger partial charge in [0, 0.05) is 23.8 Å². The molecule has 108 valence electrons. The summed E-state index contributed by atoms with van der Waals surface area (Å²) >= 11 is 0. The van der Waals surface area contributed by atoms with Crippen LogP contribution in [0.1, 0.15) is 15.9 Å². The highest BCUT2D eigenvalue weighted by Crippen LogP contribution is 2.31. The molecule has 1 aromatic rings. The number of nitrogens with zero attached hydrogens (tertiary/aromatic N) is 2. The summed E-state index contributed by atoms with van der Waals surface area (Å²) in [5, 5.41) is 9.32. The van der Waals surface area contributed by atoms with Gasteiger partial charge in [-0.25, -0.2) is 9.79 Å². The fourth-order valence-corrected chi connectivity index (χ4v) is 2.98. The summed E-state index contributed by atoms with van der Waals surface area (Å²) in [6.07, 6.45) is 7.30. The lowest BCUT2D eigenvalue weighted by atomic mass is 9.85. The zero-order chi connectivity index (χ0) is 15.3. The molecule has 0 saturated heterocycles. The van der Waals surface area contributed by atoms with Gasteiger partial charge in [-0.2, -0.15) is 0 Å². The second kappa shape index (κ2) is 4.53. The maximum atomic E-state index is 12.6. The Morgan fingerprint density at radius 1 is 1.32 bits per heavy atom. The van der Waals surface area contributed by atoms with Crippen LogP contribution in [0.25, 0.3) is 0 Å². The van der Waals surface area contributed by atoms with Crippen LogP contribution in [0.4, 0.5) is 0 Å².